The van der Waals surface area contributed by atoms with Crippen LogP contribution in [0.5, 0.6) is 5.88 Å². The van der Waals surface area contributed by atoms with Gasteiger partial charge in [-0.25, -0.2) is 4.98 Å². The van der Waals surface area contributed by atoms with Gasteiger partial charge in [-0.3, -0.25) is 9.89 Å². The second-order valence-corrected chi connectivity index (χ2v) is 5.83. The first-order valence-corrected chi connectivity index (χ1v) is 8.35. The molecule has 26 heavy (non-hydrogen) atoms. The Balaban J connectivity index is 0.00000243. The fraction of sp³-hybridized carbons (Fsp3) is 0.471. The molecule has 1 saturated heterocycles. The van der Waals surface area contributed by atoms with E-state index in [-0.39, 0.29) is 24.0 Å². The Morgan fingerprint density at radius 3 is 2.77 bits per heavy atom. The van der Waals surface area contributed by atoms with Crippen molar-refractivity contribution >= 4 is 29.9 Å². The van der Waals surface area contributed by atoms with Crippen LogP contribution < -0.4 is 10.1 Å². The second-order valence-electron chi connectivity index (χ2n) is 5.83. The number of nitrogens with one attached hydrogen (secondary N) is 1. The van der Waals surface area contributed by atoms with E-state index in [4.69, 9.17) is 9.26 Å². The molecule has 142 valence electrons. The van der Waals surface area contributed by atoms with E-state index in [1.165, 1.54) is 0 Å². The molecule has 2 aromatic rings. The molecule has 0 aliphatic carbocycles. The average Bonchev–Trinajstić information content (AvgIpc) is 3.17. The molecule has 2 aromatic heterocycles. The van der Waals surface area contributed by atoms with Crippen LogP contribution in [0.15, 0.2) is 40.2 Å². The summed E-state index contributed by atoms with van der Waals surface area (Å²) in [4.78, 5) is 13.3. The van der Waals surface area contributed by atoms with Gasteiger partial charge in [0.1, 0.15) is 6.26 Å². The summed E-state index contributed by atoms with van der Waals surface area (Å²) >= 11 is 0. The van der Waals surface area contributed by atoms with Gasteiger partial charge in [0, 0.05) is 64.1 Å². The van der Waals surface area contributed by atoms with Gasteiger partial charge in [0.2, 0.25) is 5.88 Å². The average molecular weight is 472 g/mol. The maximum absolute atomic E-state index is 5.30. The number of aromatic nitrogens is 2. The van der Waals surface area contributed by atoms with E-state index in [9.17, 15) is 0 Å². The molecule has 3 heterocycles. The number of hydrogen-bond acceptors (Lipinski definition) is 6. The third-order valence-corrected chi connectivity index (χ3v) is 4.24. The van der Waals surface area contributed by atoms with E-state index < -0.39 is 0 Å². The molecule has 0 bridgehead atoms. The fourth-order valence-electron chi connectivity index (χ4n) is 2.92. The summed E-state index contributed by atoms with van der Waals surface area (Å²) < 4.78 is 10.2. The summed E-state index contributed by atoms with van der Waals surface area (Å²) in [5, 5.41) is 7.38. The number of pyridine rings is 1. The first kappa shape index (κ1) is 20.4. The molecule has 0 radical (unpaired) electrons. The van der Waals surface area contributed by atoms with Crippen LogP contribution in [0.2, 0.25) is 0 Å². The number of methoxy groups -OCH3 is 1. The number of guanidine groups is 1. The number of nitrogens with zero attached hydrogens (tertiary/aromatic N) is 5. The van der Waals surface area contributed by atoms with E-state index in [1.807, 2.05) is 25.2 Å². The minimum absolute atomic E-state index is 0. The van der Waals surface area contributed by atoms with Gasteiger partial charge in [-0.2, -0.15) is 0 Å². The standard InChI is InChI=1S/C17H24N6O2.HI/c1-18-17(20-12-14-4-3-6-19-16(14)24-2)23-9-7-22(8-10-23)13-15-5-11-25-21-15;/h3-6,11H,7-10,12-13H2,1-2H3,(H,18,20);1H. The smallest absolute Gasteiger partial charge is 0.218 e. The highest BCUT2D eigenvalue weighted by Crippen LogP contribution is 2.13. The van der Waals surface area contributed by atoms with Crippen LogP contribution in [0.4, 0.5) is 0 Å². The Morgan fingerprint density at radius 1 is 1.31 bits per heavy atom. The number of piperazine rings is 1. The third kappa shape index (κ3) is 5.31. The molecule has 1 aliphatic rings. The van der Waals surface area contributed by atoms with Gasteiger partial charge in [0.15, 0.2) is 5.96 Å². The molecule has 0 aromatic carbocycles. The van der Waals surface area contributed by atoms with Crippen molar-refractivity contribution in [2.24, 2.45) is 4.99 Å². The summed E-state index contributed by atoms with van der Waals surface area (Å²) in [6.45, 7) is 5.21. The lowest BCUT2D eigenvalue weighted by molar-refractivity contribution is 0.169. The van der Waals surface area contributed by atoms with Crippen molar-refractivity contribution in [1.29, 1.82) is 0 Å². The highest BCUT2D eigenvalue weighted by molar-refractivity contribution is 14.0. The molecule has 9 heteroatoms. The molecular formula is C17H25IN6O2. The number of rotatable bonds is 5. The molecule has 0 spiro atoms. The molecule has 1 fully saturated rings. The van der Waals surface area contributed by atoms with E-state index in [2.05, 4.69) is 30.2 Å². The van der Waals surface area contributed by atoms with Crippen molar-refractivity contribution in [3.8, 4) is 5.88 Å². The zero-order chi connectivity index (χ0) is 17.5. The third-order valence-electron chi connectivity index (χ3n) is 4.24. The predicted octanol–water partition coefficient (Wildman–Crippen LogP) is 1.59. The Hall–Kier alpha value is -1.88. The van der Waals surface area contributed by atoms with Gasteiger partial charge in [-0.1, -0.05) is 11.2 Å². The molecule has 0 saturated carbocycles. The van der Waals surface area contributed by atoms with Crippen molar-refractivity contribution in [3.63, 3.8) is 0 Å². The molecule has 0 atom stereocenters. The van der Waals surface area contributed by atoms with Crippen LogP contribution in [0, 0.1) is 0 Å². The van der Waals surface area contributed by atoms with Crippen LogP contribution in [0.25, 0.3) is 0 Å². The van der Waals surface area contributed by atoms with Crippen LogP contribution in [-0.2, 0) is 13.1 Å². The summed E-state index contributed by atoms with van der Waals surface area (Å²) in [7, 11) is 3.44. The maximum Gasteiger partial charge on any atom is 0.218 e. The van der Waals surface area contributed by atoms with Crippen molar-refractivity contribution in [2.45, 2.75) is 13.1 Å². The quantitative estimate of drug-likeness (QED) is 0.402. The Labute approximate surface area is 170 Å². The first-order chi connectivity index (χ1) is 12.3. The largest absolute Gasteiger partial charge is 0.481 e. The summed E-state index contributed by atoms with van der Waals surface area (Å²) in [5.41, 5.74) is 1.98. The van der Waals surface area contributed by atoms with Crippen LogP contribution in [0.3, 0.4) is 0 Å². The van der Waals surface area contributed by atoms with Crippen molar-refractivity contribution in [2.75, 3.05) is 40.3 Å². The Morgan fingerprint density at radius 2 is 2.12 bits per heavy atom. The number of halogens is 1. The Kier molecular flexibility index (Phi) is 8.10. The lowest BCUT2D eigenvalue weighted by Crippen LogP contribution is -2.52. The lowest BCUT2D eigenvalue weighted by atomic mass is 10.2. The molecule has 8 nitrogen and oxygen atoms in total. The van der Waals surface area contributed by atoms with Crippen LogP contribution >= 0.6 is 24.0 Å². The molecule has 3 rings (SSSR count). The summed E-state index contributed by atoms with van der Waals surface area (Å²) in [6, 6.07) is 5.82. The monoisotopic (exact) mass is 472 g/mol. The summed E-state index contributed by atoms with van der Waals surface area (Å²) in [5.74, 6) is 1.54. The van der Waals surface area contributed by atoms with E-state index in [1.54, 1.807) is 19.6 Å². The van der Waals surface area contributed by atoms with Crippen molar-refractivity contribution in [3.05, 3.63) is 41.9 Å². The number of aliphatic imine (C=N–C) groups is 1. The predicted molar refractivity (Wildman–Crippen MR) is 110 cm³/mol. The molecule has 1 aliphatic heterocycles. The van der Waals surface area contributed by atoms with Gasteiger partial charge < -0.3 is 19.5 Å². The van der Waals surface area contributed by atoms with E-state index in [0.717, 1.165) is 49.9 Å². The zero-order valence-corrected chi connectivity index (χ0v) is 17.4. The van der Waals surface area contributed by atoms with E-state index >= 15 is 0 Å². The molecule has 1 N–H and O–H groups in total. The molecule has 0 amide bonds. The van der Waals surface area contributed by atoms with Gasteiger partial charge >= 0.3 is 0 Å². The number of ether oxygens (including phenoxy) is 1. The van der Waals surface area contributed by atoms with Gasteiger partial charge in [-0.15, -0.1) is 24.0 Å². The molecular weight excluding hydrogens is 447 g/mol. The van der Waals surface area contributed by atoms with Crippen LogP contribution in [-0.4, -0.2) is 66.2 Å². The fourth-order valence-corrected chi connectivity index (χ4v) is 2.92. The van der Waals surface area contributed by atoms with Gasteiger partial charge in [-0.05, 0) is 6.07 Å². The summed E-state index contributed by atoms with van der Waals surface area (Å²) in [6.07, 6.45) is 3.34. The normalized spacial score (nSPS) is 15.5. The second kappa shape index (κ2) is 10.3. The molecule has 0 unspecified atom stereocenters. The highest BCUT2D eigenvalue weighted by atomic mass is 127. The minimum atomic E-state index is 0. The minimum Gasteiger partial charge on any atom is -0.481 e. The topological polar surface area (TPSA) is 79.0 Å². The highest BCUT2D eigenvalue weighted by Gasteiger charge is 2.20. The maximum atomic E-state index is 5.30. The van der Waals surface area contributed by atoms with Gasteiger partial charge in [0.05, 0.1) is 12.8 Å². The Bertz CT molecular complexity index is 686. The van der Waals surface area contributed by atoms with E-state index in [0.29, 0.717) is 12.4 Å². The number of hydrogen-bond donors (Lipinski definition) is 1. The van der Waals surface area contributed by atoms with Crippen molar-refractivity contribution in [1.82, 2.24) is 25.3 Å². The van der Waals surface area contributed by atoms with Crippen molar-refractivity contribution < 1.29 is 9.26 Å². The lowest BCUT2D eigenvalue weighted by Gasteiger charge is -2.36. The van der Waals surface area contributed by atoms with Crippen LogP contribution in [0.1, 0.15) is 11.3 Å². The first-order valence-electron chi connectivity index (χ1n) is 8.35. The SMILES string of the molecule is CN=C(NCc1cccnc1OC)N1CCN(Cc2ccon2)CC1.I. The zero-order valence-electron chi connectivity index (χ0n) is 15.1. The van der Waals surface area contributed by atoms with Gasteiger partial charge in [0.25, 0.3) is 0 Å².